The molecule has 2 aromatic heterocycles. The maximum atomic E-state index is 12.4. The average molecular weight is 337 g/mol. The molecule has 0 aliphatic heterocycles. The molecule has 0 saturated heterocycles. The lowest BCUT2D eigenvalue weighted by Crippen LogP contribution is -2.23. The second kappa shape index (κ2) is 5.32. The van der Waals surface area contributed by atoms with Gasteiger partial charge in [0.15, 0.2) is 5.82 Å². The van der Waals surface area contributed by atoms with Crippen LogP contribution < -0.4 is 10.4 Å². The summed E-state index contributed by atoms with van der Waals surface area (Å²) >= 11 is 0. The third-order valence-corrected chi connectivity index (χ3v) is 4.94. The minimum atomic E-state index is -3.76. The van der Waals surface area contributed by atoms with E-state index in [1.165, 1.54) is 21.3 Å². The van der Waals surface area contributed by atoms with Gasteiger partial charge in [-0.1, -0.05) is 5.16 Å². The summed E-state index contributed by atoms with van der Waals surface area (Å²) in [5.41, 5.74) is 0.978. The molecule has 3 rings (SSSR count). The van der Waals surface area contributed by atoms with Crippen LogP contribution in [0.3, 0.4) is 0 Å². The molecule has 3 aromatic rings. The van der Waals surface area contributed by atoms with Crippen molar-refractivity contribution in [3.05, 3.63) is 40.4 Å². The van der Waals surface area contributed by atoms with Crippen LogP contribution in [0.5, 0.6) is 0 Å². The molecule has 0 spiro atoms. The van der Waals surface area contributed by atoms with Gasteiger partial charge in [-0.2, -0.15) is 4.98 Å². The van der Waals surface area contributed by atoms with E-state index in [1.54, 1.807) is 27.1 Å². The number of rotatable bonds is 4. The lowest BCUT2D eigenvalue weighted by atomic mass is 10.3. The molecule has 0 bridgehead atoms. The molecule has 0 amide bonds. The highest BCUT2D eigenvalue weighted by Gasteiger charge is 2.18. The SMILES string of the molecule is Cc1nc(CNS(=O)(=O)c2ccc3c(c2)n(C)c(=O)n3C)no1. The van der Waals surface area contributed by atoms with Crippen LogP contribution in [0.2, 0.25) is 0 Å². The van der Waals surface area contributed by atoms with E-state index in [0.717, 1.165) is 0 Å². The van der Waals surface area contributed by atoms with Crippen molar-refractivity contribution in [2.75, 3.05) is 0 Å². The van der Waals surface area contributed by atoms with Gasteiger partial charge in [-0.25, -0.2) is 17.9 Å². The van der Waals surface area contributed by atoms with Gasteiger partial charge < -0.3 is 4.52 Å². The van der Waals surface area contributed by atoms with Crippen LogP contribution in [0.15, 0.2) is 32.4 Å². The van der Waals surface area contributed by atoms with Crippen LogP contribution in [-0.2, 0) is 30.7 Å². The molecule has 2 heterocycles. The van der Waals surface area contributed by atoms with Crippen LogP contribution in [0.4, 0.5) is 0 Å². The molecular formula is C13H15N5O4S. The standard InChI is InChI=1S/C13H15N5O4S/c1-8-15-12(16-22-8)7-14-23(20,21)9-4-5-10-11(6-9)18(3)13(19)17(10)2/h4-6,14H,7H2,1-3H3. The van der Waals surface area contributed by atoms with Crippen molar-refractivity contribution in [2.24, 2.45) is 14.1 Å². The third-order valence-electron chi connectivity index (χ3n) is 3.54. The van der Waals surface area contributed by atoms with E-state index < -0.39 is 10.0 Å². The zero-order valence-electron chi connectivity index (χ0n) is 12.8. The van der Waals surface area contributed by atoms with Gasteiger partial charge in [0.05, 0.1) is 22.5 Å². The summed E-state index contributed by atoms with van der Waals surface area (Å²) in [6.45, 7) is 1.54. The average Bonchev–Trinajstić information content (AvgIpc) is 3.03. The van der Waals surface area contributed by atoms with Gasteiger partial charge >= 0.3 is 5.69 Å². The number of nitrogens with one attached hydrogen (secondary N) is 1. The number of benzene rings is 1. The molecule has 122 valence electrons. The number of sulfonamides is 1. The van der Waals surface area contributed by atoms with E-state index >= 15 is 0 Å². The molecular weight excluding hydrogens is 322 g/mol. The predicted molar refractivity (Wildman–Crippen MR) is 81.2 cm³/mol. The highest BCUT2D eigenvalue weighted by atomic mass is 32.2. The van der Waals surface area contributed by atoms with Crippen LogP contribution in [0.25, 0.3) is 11.0 Å². The first-order valence-electron chi connectivity index (χ1n) is 6.74. The zero-order chi connectivity index (χ0) is 16.8. The second-order valence-electron chi connectivity index (χ2n) is 5.11. The molecule has 0 atom stereocenters. The molecule has 0 aliphatic carbocycles. The van der Waals surface area contributed by atoms with Gasteiger partial charge in [-0.05, 0) is 18.2 Å². The Morgan fingerprint density at radius 1 is 1.22 bits per heavy atom. The van der Waals surface area contributed by atoms with E-state index in [4.69, 9.17) is 4.52 Å². The van der Waals surface area contributed by atoms with Crippen molar-refractivity contribution in [1.29, 1.82) is 0 Å². The lowest BCUT2D eigenvalue weighted by Gasteiger charge is -2.05. The minimum absolute atomic E-state index is 0.0615. The summed E-state index contributed by atoms with van der Waals surface area (Å²) in [6.07, 6.45) is 0. The molecule has 9 nitrogen and oxygen atoms in total. The maximum Gasteiger partial charge on any atom is 0.328 e. The van der Waals surface area contributed by atoms with E-state index in [-0.39, 0.29) is 23.0 Å². The molecule has 10 heteroatoms. The number of imidazole rings is 1. The van der Waals surface area contributed by atoms with Crippen LogP contribution in [0, 0.1) is 6.92 Å². The normalized spacial score (nSPS) is 12.1. The Hall–Kier alpha value is -2.46. The first kappa shape index (κ1) is 15.4. The molecule has 0 saturated carbocycles. The molecule has 0 fully saturated rings. The largest absolute Gasteiger partial charge is 0.340 e. The van der Waals surface area contributed by atoms with E-state index in [0.29, 0.717) is 16.9 Å². The third kappa shape index (κ3) is 2.66. The van der Waals surface area contributed by atoms with Crippen molar-refractivity contribution >= 4 is 21.1 Å². The smallest absolute Gasteiger partial charge is 0.328 e. The summed E-state index contributed by atoms with van der Waals surface area (Å²) in [7, 11) is -0.529. The van der Waals surface area contributed by atoms with Gasteiger partial charge in [0.2, 0.25) is 15.9 Å². The quantitative estimate of drug-likeness (QED) is 0.720. The molecule has 0 unspecified atom stereocenters. The van der Waals surface area contributed by atoms with Gasteiger partial charge in [-0.3, -0.25) is 9.13 Å². The Morgan fingerprint density at radius 2 is 1.91 bits per heavy atom. The minimum Gasteiger partial charge on any atom is -0.340 e. The van der Waals surface area contributed by atoms with Crippen molar-refractivity contribution in [3.8, 4) is 0 Å². The Labute approximate surface area is 131 Å². The maximum absolute atomic E-state index is 12.4. The van der Waals surface area contributed by atoms with Gasteiger partial charge in [-0.15, -0.1) is 0 Å². The van der Waals surface area contributed by atoms with E-state index in [1.807, 2.05) is 0 Å². The summed E-state index contributed by atoms with van der Waals surface area (Å²) in [5, 5.41) is 3.63. The molecule has 0 radical (unpaired) electrons. The predicted octanol–water partition coefficient (Wildman–Crippen LogP) is 0.0469. The number of hydrogen-bond acceptors (Lipinski definition) is 6. The van der Waals surface area contributed by atoms with Crippen molar-refractivity contribution in [2.45, 2.75) is 18.4 Å². The molecule has 1 aromatic carbocycles. The summed E-state index contributed by atoms with van der Waals surface area (Å²) < 4.78 is 34.8. The number of nitrogens with zero attached hydrogens (tertiary/aromatic N) is 4. The first-order valence-corrected chi connectivity index (χ1v) is 8.22. The number of fused-ring (bicyclic) bond motifs is 1. The van der Waals surface area contributed by atoms with Crippen molar-refractivity contribution < 1.29 is 12.9 Å². The topological polar surface area (TPSA) is 112 Å². The summed E-state index contributed by atoms with van der Waals surface area (Å²) in [4.78, 5) is 15.9. The Kier molecular flexibility index (Phi) is 3.57. The van der Waals surface area contributed by atoms with E-state index in [9.17, 15) is 13.2 Å². The fourth-order valence-electron chi connectivity index (χ4n) is 2.31. The van der Waals surface area contributed by atoms with Crippen LogP contribution >= 0.6 is 0 Å². The summed E-state index contributed by atoms with van der Waals surface area (Å²) in [5.74, 6) is 0.610. The highest BCUT2D eigenvalue weighted by Crippen LogP contribution is 2.17. The monoisotopic (exact) mass is 337 g/mol. The fourth-order valence-corrected chi connectivity index (χ4v) is 3.31. The highest BCUT2D eigenvalue weighted by molar-refractivity contribution is 7.89. The Morgan fingerprint density at radius 3 is 2.57 bits per heavy atom. The first-order chi connectivity index (χ1) is 10.8. The molecule has 23 heavy (non-hydrogen) atoms. The lowest BCUT2D eigenvalue weighted by molar-refractivity contribution is 0.387. The van der Waals surface area contributed by atoms with Gasteiger partial charge in [0.1, 0.15) is 0 Å². The number of hydrogen-bond donors (Lipinski definition) is 1. The fraction of sp³-hybridized carbons (Fsp3) is 0.308. The summed E-state index contributed by atoms with van der Waals surface area (Å²) in [6, 6.07) is 4.51. The Bertz CT molecular complexity index is 1040. The number of aryl methyl sites for hydroxylation is 3. The van der Waals surface area contributed by atoms with Crippen LogP contribution in [0.1, 0.15) is 11.7 Å². The van der Waals surface area contributed by atoms with E-state index in [2.05, 4.69) is 14.9 Å². The molecule has 0 aliphatic rings. The van der Waals surface area contributed by atoms with Crippen LogP contribution in [-0.4, -0.2) is 27.7 Å². The number of aromatic nitrogens is 4. The molecule has 1 N–H and O–H groups in total. The van der Waals surface area contributed by atoms with Crippen molar-refractivity contribution in [1.82, 2.24) is 24.0 Å². The van der Waals surface area contributed by atoms with Crippen molar-refractivity contribution in [3.63, 3.8) is 0 Å². The second-order valence-corrected chi connectivity index (χ2v) is 6.87. The van der Waals surface area contributed by atoms with Gasteiger partial charge in [0.25, 0.3) is 0 Å². The Balaban J connectivity index is 1.95. The van der Waals surface area contributed by atoms with Gasteiger partial charge in [0, 0.05) is 21.0 Å². The zero-order valence-corrected chi connectivity index (χ0v) is 13.6.